The maximum atomic E-state index is 13.9. The van der Waals surface area contributed by atoms with Gasteiger partial charge in [-0.05, 0) is 86.0 Å². The summed E-state index contributed by atoms with van der Waals surface area (Å²) in [5, 5.41) is 24.5. The van der Waals surface area contributed by atoms with Gasteiger partial charge in [-0.2, -0.15) is 0 Å². The maximum absolute atomic E-state index is 13.9. The first-order valence-corrected chi connectivity index (χ1v) is 16.9. The van der Waals surface area contributed by atoms with E-state index in [9.17, 15) is 31.3 Å². The molecule has 0 saturated carbocycles. The summed E-state index contributed by atoms with van der Waals surface area (Å²) in [4.78, 5) is 11.6. The Morgan fingerprint density at radius 1 is 0.875 bits per heavy atom. The first kappa shape index (κ1) is 36.3. The molecule has 5 rings (SSSR count). The summed E-state index contributed by atoms with van der Waals surface area (Å²) in [6.45, 7) is 3.66. The molecule has 0 aromatic heterocycles. The van der Waals surface area contributed by atoms with Crippen LogP contribution in [0.1, 0.15) is 12.5 Å². The standard InChI is InChI=1S/C32H30N6O7S2.Na/c1-3-38(24-15-13-23(14-16-24)35-32(40)34-22-11-8-20(2)9-12-22)46(41,42)29-7-5-4-6-27(29)36-37-31-26(33)17-10-21-18-25(47(43,44)45)19-28(39)30(21)31;/h4-19,39H,3,33H2,1-2H3,(H2,34,35,40)(H,43,44,45);/q;+1/p-1. The Balaban J connectivity index is 0.00000520. The molecule has 16 heteroatoms. The first-order valence-electron chi connectivity index (χ1n) is 14.1. The minimum atomic E-state index is -4.86. The molecule has 0 aliphatic heterocycles. The zero-order valence-corrected chi connectivity index (χ0v) is 29.7. The number of fused-ring (bicyclic) bond motifs is 1. The van der Waals surface area contributed by atoms with Crippen LogP contribution in [-0.4, -0.2) is 39.1 Å². The number of urea groups is 1. The van der Waals surface area contributed by atoms with Gasteiger partial charge in [0.25, 0.3) is 10.0 Å². The Bertz CT molecular complexity index is 2230. The van der Waals surface area contributed by atoms with Crippen LogP contribution >= 0.6 is 0 Å². The average molecular weight is 697 g/mol. The van der Waals surface area contributed by atoms with Crippen LogP contribution in [0.3, 0.4) is 0 Å². The van der Waals surface area contributed by atoms with Crippen molar-refractivity contribution in [3.63, 3.8) is 0 Å². The van der Waals surface area contributed by atoms with Gasteiger partial charge in [-0.25, -0.2) is 21.6 Å². The zero-order valence-electron chi connectivity index (χ0n) is 26.1. The van der Waals surface area contributed by atoms with Gasteiger partial charge in [-0.3, -0.25) is 4.31 Å². The topological polar surface area (TPSA) is 207 Å². The summed E-state index contributed by atoms with van der Waals surface area (Å²) in [7, 11) is -9.06. The predicted octanol–water partition coefficient (Wildman–Crippen LogP) is 3.62. The smallest absolute Gasteiger partial charge is 0.744 e. The molecule has 242 valence electrons. The molecule has 0 atom stereocenters. The summed E-state index contributed by atoms with van der Waals surface area (Å²) in [5.41, 5.74) is 8.52. The van der Waals surface area contributed by atoms with Gasteiger partial charge < -0.3 is 26.0 Å². The molecule has 0 saturated heterocycles. The molecule has 2 amide bonds. The van der Waals surface area contributed by atoms with E-state index < -0.39 is 36.8 Å². The number of nitrogens with zero attached hydrogens (tertiary/aromatic N) is 3. The Hall–Kier alpha value is -4.51. The van der Waals surface area contributed by atoms with Crippen LogP contribution in [0.4, 0.5) is 38.9 Å². The quantitative estimate of drug-likeness (QED) is 0.0773. The largest absolute Gasteiger partial charge is 1.00 e. The third kappa shape index (κ3) is 7.95. The molecule has 5 aromatic carbocycles. The Labute approximate surface area is 299 Å². The van der Waals surface area contributed by atoms with Crippen LogP contribution in [0.25, 0.3) is 10.8 Å². The Kier molecular flexibility index (Phi) is 11.1. The Morgan fingerprint density at radius 3 is 2.08 bits per heavy atom. The number of phenols is 1. The molecule has 0 spiro atoms. The number of benzene rings is 5. The molecule has 0 radical (unpaired) electrons. The van der Waals surface area contributed by atoms with Crippen LogP contribution in [0.2, 0.25) is 0 Å². The second kappa shape index (κ2) is 14.7. The van der Waals surface area contributed by atoms with Crippen molar-refractivity contribution < 1.29 is 60.8 Å². The molecule has 0 unspecified atom stereocenters. The fourth-order valence-corrected chi connectivity index (χ4v) is 6.91. The van der Waals surface area contributed by atoms with E-state index in [1.807, 2.05) is 19.1 Å². The van der Waals surface area contributed by atoms with Crippen molar-refractivity contribution in [1.29, 1.82) is 0 Å². The number of amides is 2. The van der Waals surface area contributed by atoms with Crippen molar-refractivity contribution in [1.82, 2.24) is 0 Å². The van der Waals surface area contributed by atoms with Crippen molar-refractivity contribution in [2.24, 2.45) is 10.2 Å². The SMILES string of the molecule is CCN(c1ccc(NC(=O)Nc2ccc(C)cc2)cc1)S(=O)(=O)c1ccccc1N=Nc1c(N)ccc2cc(S(=O)(=O)[O-])cc(O)c12.[Na+]. The van der Waals surface area contributed by atoms with Crippen molar-refractivity contribution in [2.75, 3.05) is 27.2 Å². The van der Waals surface area contributed by atoms with E-state index in [-0.39, 0.29) is 68.8 Å². The third-order valence-electron chi connectivity index (χ3n) is 7.06. The molecule has 5 aromatic rings. The average Bonchev–Trinajstić information content (AvgIpc) is 3.02. The van der Waals surface area contributed by atoms with Crippen LogP contribution in [0.5, 0.6) is 5.75 Å². The van der Waals surface area contributed by atoms with E-state index in [4.69, 9.17) is 5.73 Å². The van der Waals surface area contributed by atoms with Gasteiger partial charge in [0.2, 0.25) is 0 Å². The number of anilines is 4. The summed E-state index contributed by atoms with van der Waals surface area (Å²) in [5.74, 6) is -0.568. The normalized spacial score (nSPS) is 11.6. The number of hydrogen-bond donors (Lipinski definition) is 4. The molecular formula is C32H29N6NaO7S2. The van der Waals surface area contributed by atoms with Crippen LogP contribution < -0.4 is 50.2 Å². The van der Waals surface area contributed by atoms with Crippen molar-refractivity contribution >= 4 is 71.1 Å². The zero-order chi connectivity index (χ0) is 33.9. The summed E-state index contributed by atoms with van der Waals surface area (Å²) >= 11 is 0. The molecule has 0 aliphatic rings. The molecule has 0 bridgehead atoms. The number of nitrogens with two attached hydrogens (primary N) is 1. The van der Waals surface area contributed by atoms with E-state index in [1.54, 1.807) is 49.4 Å². The van der Waals surface area contributed by atoms with E-state index >= 15 is 0 Å². The van der Waals surface area contributed by atoms with Crippen LogP contribution in [0.15, 0.2) is 117 Å². The molecule has 48 heavy (non-hydrogen) atoms. The van der Waals surface area contributed by atoms with Gasteiger partial charge in [0.1, 0.15) is 32.1 Å². The van der Waals surface area contributed by atoms with Crippen molar-refractivity contribution in [3.05, 3.63) is 103 Å². The van der Waals surface area contributed by atoms with E-state index in [0.29, 0.717) is 17.1 Å². The number of aryl methyl sites for hydroxylation is 1. The summed E-state index contributed by atoms with van der Waals surface area (Å²) in [6.07, 6.45) is 0. The Morgan fingerprint density at radius 2 is 1.48 bits per heavy atom. The fraction of sp³-hybridized carbons (Fsp3) is 0.0938. The van der Waals surface area contributed by atoms with Gasteiger partial charge in [-0.15, -0.1) is 10.2 Å². The second-order valence-electron chi connectivity index (χ2n) is 10.3. The van der Waals surface area contributed by atoms with Crippen molar-refractivity contribution in [2.45, 2.75) is 23.6 Å². The molecular weight excluding hydrogens is 668 g/mol. The minimum Gasteiger partial charge on any atom is -0.744 e. The van der Waals surface area contributed by atoms with Gasteiger partial charge in [0.05, 0.1) is 21.7 Å². The van der Waals surface area contributed by atoms with Crippen LogP contribution in [-0.2, 0) is 20.1 Å². The summed E-state index contributed by atoms with van der Waals surface area (Å²) < 4.78 is 63.6. The molecule has 5 N–H and O–H groups in total. The molecule has 0 fully saturated rings. The van der Waals surface area contributed by atoms with Crippen LogP contribution in [0, 0.1) is 6.92 Å². The molecule has 13 nitrogen and oxygen atoms in total. The van der Waals surface area contributed by atoms with Gasteiger partial charge in [-0.1, -0.05) is 35.9 Å². The number of rotatable bonds is 9. The second-order valence-corrected chi connectivity index (χ2v) is 13.5. The molecule has 0 aliphatic carbocycles. The monoisotopic (exact) mass is 696 g/mol. The third-order valence-corrected chi connectivity index (χ3v) is 9.83. The summed E-state index contributed by atoms with van der Waals surface area (Å²) in [6, 6.07) is 23.7. The number of azo groups is 1. The number of sulfonamides is 1. The maximum Gasteiger partial charge on any atom is 1.00 e. The molecule has 0 heterocycles. The minimum absolute atomic E-state index is 0. The number of carbonyl (C=O) groups excluding carboxylic acids is 1. The first-order chi connectivity index (χ1) is 22.3. The van der Waals surface area contributed by atoms with Gasteiger partial charge >= 0.3 is 35.6 Å². The fourth-order valence-electron chi connectivity index (χ4n) is 4.78. The van der Waals surface area contributed by atoms with E-state index in [2.05, 4.69) is 20.9 Å². The number of carbonyl (C=O) groups is 1. The predicted molar refractivity (Wildman–Crippen MR) is 179 cm³/mol. The van der Waals surface area contributed by atoms with E-state index in [0.717, 1.165) is 17.7 Å². The number of phenolic OH excluding ortho intramolecular Hbond substituents is 1. The van der Waals surface area contributed by atoms with E-state index in [1.165, 1.54) is 34.6 Å². The number of hydrogen-bond acceptors (Lipinski definition) is 10. The van der Waals surface area contributed by atoms with Crippen molar-refractivity contribution in [3.8, 4) is 5.75 Å². The number of nitrogen functional groups attached to an aromatic ring is 1. The number of aromatic hydroxyl groups is 1. The number of nitrogens with one attached hydrogen (secondary N) is 2. The van der Waals surface area contributed by atoms with Gasteiger partial charge in [0.15, 0.2) is 0 Å². The van der Waals surface area contributed by atoms with Gasteiger partial charge in [0, 0.05) is 17.9 Å².